The van der Waals surface area contributed by atoms with Gasteiger partial charge in [-0.3, -0.25) is 0 Å². The third kappa shape index (κ3) is 6.95. The maximum atomic E-state index is 9.65. The van der Waals surface area contributed by atoms with Gasteiger partial charge in [-0.1, -0.05) is 20.3 Å². The Hall–Kier alpha value is -0.200. The lowest BCUT2D eigenvalue weighted by Crippen LogP contribution is -2.53. The molecule has 0 saturated carbocycles. The van der Waals surface area contributed by atoms with Crippen molar-refractivity contribution in [2.24, 2.45) is 0 Å². The number of hydrogen-bond donors (Lipinski definition) is 4. The molecule has 0 radical (unpaired) electrons. The summed E-state index contributed by atoms with van der Waals surface area (Å²) < 4.78 is 5.29. The van der Waals surface area contributed by atoms with E-state index in [-0.39, 0.29) is 19.8 Å². The van der Waals surface area contributed by atoms with E-state index >= 15 is 0 Å². The Bertz CT molecular complexity index is 166. The van der Waals surface area contributed by atoms with Crippen molar-refractivity contribution in [3.63, 3.8) is 0 Å². The van der Waals surface area contributed by atoms with Crippen LogP contribution in [-0.2, 0) is 4.74 Å². The normalized spacial score (nSPS) is 13.9. The van der Waals surface area contributed by atoms with Gasteiger partial charge in [-0.25, -0.2) is 0 Å². The fourth-order valence-electron chi connectivity index (χ4n) is 1.37. The van der Waals surface area contributed by atoms with Crippen LogP contribution in [0.1, 0.15) is 33.1 Å². The van der Waals surface area contributed by atoms with Crippen LogP contribution < -0.4 is 5.32 Å². The molecule has 0 aliphatic heterocycles. The van der Waals surface area contributed by atoms with Crippen LogP contribution in [0.25, 0.3) is 0 Å². The molecule has 0 rings (SSSR count). The van der Waals surface area contributed by atoms with Gasteiger partial charge in [0.15, 0.2) is 0 Å². The third-order valence-corrected chi connectivity index (χ3v) is 2.95. The predicted octanol–water partition coefficient (Wildman–Crippen LogP) is -0.113. The highest BCUT2D eigenvalue weighted by atomic mass is 16.5. The quantitative estimate of drug-likeness (QED) is 0.384. The van der Waals surface area contributed by atoms with Crippen molar-refractivity contribution in [2.75, 3.05) is 33.0 Å². The van der Waals surface area contributed by atoms with E-state index in [0.717, 1.165) is 12.8 Å². The lowest BCUT2D eigenvalue weighted by Gasteiger charge is -2.30. The van der Waals surface area contributed by atoms with E-state index in [2.05, 4.69) is 12.2 Å². The van der Waals surface area contributed by atoms with Crippen LogP contribution >= 0.6 is 0 Å². The van der Waals surface area contributed by atoms with E-state index in [1.54, 1.807) is 0 Å². The minimum Gasteiger partial charge on any atom is -0.394 e. The first-order valence-corrected chi connectivity index (χ1v) is 6.36. The highest BCUT2D eigenvalue weighted by Crippen LogP contribution is 2.08. The topological polar surface area (TPSA) is 82.0 Å². The molecular formula is C12H27NO4. The summed E-state index contributed by atoms with van der Waals surface area (Å²) in [5.74, 6) is 0. The zero-order valence-corrected chi connectivity index (χ0v) is 11.0. The summed E-state index contributed by atoms with van der Waals surface area (Å²) in [6.07, 6.45) is 2.05. The van der Waals surface area contributed by atoms with E-state index in [1.807, 2.05) is 6.92 Å². The molecule has 0 bridgehead atoms. The zero-order chi connectivity index (χ0) is 13.1. The molecule has 0 aromatic carbocycles. The molecule has 0 fully saturated rings. The van der Waals surface area contributed by atoms with Crippen LogP contribution in [0, 0.1) is 0 Å². The van der Waals surface area contributed by atoms with Gasteiger partial charge in [-0.05, 0) is 12.8 Å². The summed E-state index contributed by atoms with van der Waals surface area (Å²) in [5, 5.41) is 31.0. The van der Waals surface area contributed by atoms with E-state index < -0.39 is 11.6 Å². The molecule has 4 N–H and O–H groups in total. The van der Waals surface area contributed by atoms with Crippen LogP contribution in [0.2, 0.25) is 0 Å². The highest BCUT2D eigenvalue weighted by molar-refractivity contribution is 4.86. The van der Waals surface area contributed by atoms with Gasteiger partial charge < -0.3 is 25.4 Å². The number of aliphatic hydroxyl groups excluding tert-OH is 3. The van der Waals surface area contributed by atoms with Crippen LogP contribution in [0.3, 0.4) is 0 Å². The number of β-amino-alcohol motifs (C(OH)–C–C–N with tert-alkyl or cyclic N) is 1. The van der Waals surface area contributed by atoms with Gasteiger partial charge in [0.25, 0.3) is 0 Å². The van der Waals surface area contributed by atoms with Crippen LogP contribution in [-0.4, -0.2) is 59.9 Å². The summed E-state index contributed by atoms with van der Waals surface area (Å²) >= 11 is 0. The largest absolute Gasteiger partial charge is 0.394 e. The molecule has 0 aromatic heterocycles. The lowest BCUT2D eigenvalue weighted by atomic mass is 9.98. The standard InChI is InChI=1S/C12H27NO4/c1-3-5-6-17-8-11(16)7-13-12(4-2,9-14)10-15/h11,13-16H,3-10H2,1-2H3. The molecule has 0 heterocycles. The second-order valence-electron chi connectivity index (χ2n) is 4.41. The fourth-order valence-corrected chi connectivity index (χ4v) is 1.37. The first kappa shape index (κ1) is 16.8. The summed E-state index contributed by atoms with van der Waals surface area (Å²) in [6, 6.07) is 0. The zero-order valence-electron chi connectivity index (χ0n) is 11.0. The average molecular weight is 249 g/mol. The van der Waals surface area contributed by atoms with Gasteiger partial charge >= 0.3 is 0 Å². The summed E-state index contributed by atoms with van der Waals surface area (Å²) in [5.41, 5.74) is -0.704. The molecule has 5 heteroatoms. The van der Waals surface area contributed by atoms with Gasteiger partial charge in [0, 0.05) is 13.2 Å². The maximum Gasteiger partial charge on any atom is 0.0897 e. The Labute approximate surface area is 104 Å². The fraction of sp³-hybridized carbons (Fsp3) is 1.00. The number of ether oxygens (including phenoxy) is 1. The second-order valence-corrected chi connectivity index (χ2v) is 4.41. The van der Waals surface area contributed by atoms with Crippen molar-refractivity contribution in [1.82, 2.24) is 5.32 Å². The third-order valence-electron chi connectivity index (χ3n) is 2.95. The van der Waals surface area contributed by atoms with Crippen LogP contribution in [0.5, 0.6) is 0 Å². The van der Waals surface area contributed by atoms with Crippen LogP contribution in [0.4, 0.5) is 0 Å². The molecule has 0 aromatic rings. The first-order chi connectivity index (χ1) is 8.14. The Morgan fingerprint density at radius 2 is 1.88 bits per heavy atom. The van der Waals surface area contributed by atoms with Gasteiger partial charge in [0.2, 0.25) is 0 Å². The Kier molecular flexibility index (Phi) is 9.68. The van der Waals surface area contributed by atoms with Gasteiger partial charge in [-0.15, -0.1) is 0 Å². The molecule has 104 valence electrons. The molecule has 5 nitrogen and oxygen atoms in total. The number of nitrogens with one attached hydrogen (secondary N) is 1. The van der Waals surface area contributed by atoms with Crippen molar-refractivity contribution in [3.8, 4) is 0 Å². The smallest absolute Gasteiger partial charge is 0.0897 e. The number of rotatable bonds is 11. The van der Waals surface area contributed by atoms with Crippen LogP contribution in [0.15, 0.2) is 0 Å². The minimum absolute atomic E-state index is 0.149. The first-order valence-electron chi connectivity index (χ1n) is 6.36. The molecule has 17 heavy (non-hydrogen) atoms. The summed E-state index contributed by atoms with van der Waals surface area (Å²) in [7, 11) is 0. The SMILES string of the molecule is CCCCOCC(O)CNC(CC)(CO)CO. The predicted molar refractivity (Wildman–Crippen MR) is 66.9 cm³/mol. The molecule has 0 amide bonds. The van der Waals surface area contributed by atoms with E-state index in [0.29, 0.717) is 19.6 Å². The molecular weight excluding hydrogens is 222 g/mol. The van der Waals surface area contributed by atoms with Crippen molar-refractivity contribution < 1.29 is 20.1 Å². The van der Waals surface area contributed by atoms with E-state index in [9.17, 15) is 15.3 Å². The lowest BCUT2D eigenvalue weighted by molar-refractivity contribution is 0.0208. The van der Waals surface area contributed by atoms with Gasteiger partial charge in [0.05, 0.1) is 31.5 Å². The number of unbranched alkanes of at least 4 members (excludes halogenated alkanes) is 1. The van der Waals surface area contributed by atoms with Crippen molar-refractivity contribution in [1.29, 1.82) is 0 Å². The highest BCUT2D eigenvalue weighted by Gasteiger charge is 2.26. The Morgan fingerprint density at radius 3 is 2.35 bits per heavy atom. The van der Waals surface area contributed by atoms with E-state index in [4.69, 9.17) is 4.74 Å². The van der Waals surface area contributed by atoms with Gasteiger partial charge in [-0.2, -0.15) is 0 Å². The van der Waals surface area contributed by atoms with Crippen molar-refractivity contribution in [2.45, 2.75) is 44.8 Å². The van der Waals surface area contributed by atoms with Crippen molar-refractivity contribution in [3.05, 3.63) is 0 Å². The molecule has 1 unspecified atom stereocenters. The molecule has 0 aliphatic rings. The van der Waals surface area contributed by atoms with Crippen molar-refractivity contribution >= 4 is 0 Å². The monoisotopic (exact) mass is 249 g/mol. The molecule has 0 spiro atoms. The summed E-state index contributed by atoms with van der Waals surface area (Å²) in [4.78, 5) is 0. The van der Waals surface area contributed by atoms with Gasteiger partial charge in [0.1, 0.15) is 0 Å². The molecule has 1 atom stereocenters. The number of hydrogen-bond acceptors (Lipinski definition) is 5. The average Bonchev–Trinajstić information content (AvgIpc) is 2.37. The minimum atomic E-state index is -0.704. The molecule has 0 aliphatic carbocycles. The summed E-state index contributed by atoms with van der Waals surface area (Å²) in [6.45, 7) is 4.91. The van der Waals surface area contributed by atoms with E-state index in [1.165, 1.54) is 0 Å². The second kappa shape index (κ2) is 9.79. The maximum absolute atomic E-state index is 9.65. The Balaban J connectivity index is 3.76. The molecule has 0 saturated heterocycles. The Morgan fingerprint density at radius 1 is 1.24 bits per heavy atom. The number of aliphatic hydroxyl groups is 3.